The lowest BCUT2D eigenvalue weighted by Crippen LogP contribution is -2.41. The van der Waals surface area contributed by atoms with Crippen LogP contribution in [-0.2, 0) is 10.2 Å². The van der Waals surface area contributed by atoms with Crippen LogP contribution >= 0.6 is 0 Å². The van der Waals surface area contributed by atoms with Crippen LogP contribution < -0.4 is 10.0 Å². The second-order valence-electron chi connectivity index (χ2n) is 4.63. The van der Waals surface area contributed by atoms with E-state index < -0.39 is 10.2 Å². The number of rotatable bonds is 11. The van der Waals surface area contributed by atoms with Gasteiger partial charge >= 0.3 is 0 Å². The number of nitrogens with one attached hydrogen (secondary N) is 2. The van der Waals surface area contributed by atoms with E-state index in [0.29, 0.717) is 19.6 Å². The van der Waals surface area contributed by atoms with Crippen molar-refractivity contribution >= 4 is 10.2 Å². The first-order valence-corrected chi connectivity index (χ1v) is 7.90. The molecular weight excluding hydrogens is 252 g/mol. The molecule has 0 aliphatic heterocycles. The van der Waals surface area contributed by atoms with E-state index >= 15 is 0 Å². The SMILES string of the molecule is CCCNCCCN(C)S(=O)(=O)NCCN(C)C. The molecule has 110 valence electrons. The maximum Gasteiger partial charge on any atom is 0.279 e. The minimum Gasteiger partial charge on any atom is -0.317 e. The average Bonchev–Trinajstić information content (AvgIpc) is 2.27. The fraction of sp³-hybridized carbons (Fsp3) is 1.00. The summed E-state index contributed by atoms with van der Waals surface area (Å²) in [4.78, 5) is 1.94. The van der Waals surface area contributed by atoms with E-state index in [1.165, 1.54) is 4.31 Å². The van der Waals surface area contributed by atoms with Gasteiger partial charge in [-0.15, -0.1) is 0 Å². The third kappa shape index (κ3) is 8.82. The van der Waals surface area contributed by atoms with E-state index in [-0.39, 0.29) is 0 Å². The molecule has 0 saturated heterocycles. The summed E-state index contributed by atoms with van der Waals surface area (Å²) in [6.45, 7) is 5.62. The highest BCUT2D eigenvalue weighted by Gasteiger charge is 2.15. The molecule has 0 unspecified atom stereocenters. The van der Waals surface area contributed by atoms with Crippen LogP contribution in [0.25, 0.3) is 0 Å². The Morgan fingerprint density at radius 2 is 1.67 bits per heavy atom. The first-order valence-electron chi connectivity index (χ1n) is 6.46. The molecule has 0 aromatic carbocycles. The predicted octanol–water partition coefficient (Wildman–Crippen LogP) is -0.296. The highest BCUT2D eigenvalue weighted by molar-refractivity contribution is 7.87. The molecule has 0 spiro atoms. The Morgan fingerprint density at radius 3 is 2.22 bits per heavy atom. The van der Waals surface area contributed by atoms with Gasteiger partial charge in [-0.2, -0.15) is 12.7 Å². The minimum atomic E-state index is -3.32. The molecule has 0 saturated carbocycles. The molecule has 0 heterocycles. The molecule has 0 rings (SSSR count). The molecule has 18 heavy (non-hydrogen) atoms. The zero-order valence-electron chi connectivity index (χ0n) is 12.1. The standard InChI is InChI=1S/C11H28N4O2S/c1-5-7-12-8-6-10-15(4)18(16,17)13-9-11-14(2)3/h12-13H,5-11H2,1-4H3. The number of likely N-dealkylation sites (N-methyl/N-ethyl adjacent to an activating group) is 1. The highest BCUT2D eigenvalue weighted by atomic mass is 32.2. The quantitative estimate of drug-likeness (QED) is 0.510. The summed E-state index contributed by atoms with van der Waals surface area (Å²) in [5.41, 5.74) is 0. The van der Waals surface area contributed by atoms with Crippen molar-refractivity contribution in [2.75, 3.05) is 53.9 Å². The van der Waals surface area contributed by atoms with E-state index in [1.54, 1.807) is 7.05 Å². The van der Waals surface area contributed by atoms with Gasteiger partial charge in [-0.3, -0.25) is 0 Å². The summed E-state index contributed by atoms with van der Waals surface area (Å²) in [7, 11) is 2.12. The molecular formula is C11H28N4O2S. The second-order valence-corrected chi connectivity index (χ2v) is 6.49. The van der Waals surface area contributed by atoms with E-state index in [1.807, 2.05) is 19.0 Å². The first kappa shape index (κ1) is 17.8. The largest absolute Gasteiger partial charge is 0.317 e. The van der Waals surface area contributed by atoms with Gasteiger partial charge in [0.25, 0.3) is 10.2 Å². The van der Waals surface area contributed by atoms with Crippen LogP contribution in [0.5, 0.6) is 0 Å². The smallest absolute Gasteiger partial charge is 0.279 e. The van der Waals surface area contributed by atoms with Crippen molar-refractivity contribution in [1.82, 2.24) is 19.2 Å². The van der Waals surface area contributed by atoms with Gasteiger partial charge in [-0.05, 0) is 40.0 Å². The van der Waals surface area contributed by atoms with Crippen LogP contribution in [-0.4, -0.2) is 71.5 Å². The molecule has 0 radical (unpaired) electrons. The maximum atomic E-state index is 11.8. The molecule has 0 aliphatic rings. The summed E-state index contributed by atoms with van der Waals surface area (Å²) >= 11 is 0. The highest BCUT2D eigenvalue weighted by Crippen LogP contribution is 1.95. The molecule has 2 N–H and O–H groups in total. The molecule has 0 amide bonds. The summed E-state index contributed by atoms with van der Waals surface area (Å²) in [6.07, 6.45) is 1.92. The van der Waals surface area contributed by atoms with Crippen molar-refractivity contribution in [3.63, 3.8) is 0 Å². The van der Waals surface area contributed by atoms with Gasteiger partial charge in [0.15, 0.2) is 0 Å². The first-order chi connectivity index (χ1) is 8.40. The molecule has 0 aliphatic carbocycles. The fourth-order valence-corrected chi connectivity index (χ4v) is 2.30. The molecule has 7 heteroatoms. The zero-order chi connectivity index (χ0) is 14.0. The minimum absolute atomic E-state index is 0.438. The summed E-state index contributed by atoms with van der Waals surface area (Å²) in [5, 5.41) is 3.25. The number of nitrogens with zero attached hydrogens (tertiary/aromatic N) is 2. The number of hydrogen-bond donors (Lipinski definition) is 2. The zero-order valence-corrected chi connectivity index (χ0v) is 12.9. The molecule has 0 atom stereocenters. The summed E-state index contributed by atoms with van der Waals surface area (Å²) in [6, 6.07) is 0. The summed E-state index contributed by atoms with van der Waals surface area (Å²) in [5.74, 6) is 0. The lowest BCUT2D eigenvalue weighted by atomic mass is 10.4. The monoisotopic (exact) mass is 280 g/mol. The Kier molecular flexibility index (Phi) is 9.57. The van der Waals surface area contributed by atoms with Crippen LogP contribution in [0.4, 0.5) is 0 Å². The predicted molar refractivity (Wildman–Crippen MR) is 75.9 cm³/mol. The van der Waals surface area contributed by atoms with E-state index in [0.717, 1.165) is 25.9 Å². The molecule has 0 bridgehead atoms. The van der Waals surface area contributed by atoms with E-state index in [4.69, 9.17) is 0 Å². The average molecular weight is 280 g/mol. The van der Waals surface area contributed by atoms with Crippen molar-refractivity contribution in [1.29, 1.82) is 0 Å². The van der Waals surface area contributed by atoms with Crippen LogP contribution in [0.2, 0.25) is 0 Å². The second kappa shape index (κ2) is 9.69. The Labute approximate surface area is 112 Å². The third-order valence-electron chi connectivity index (χ3n) is 2.51. The van der Waals surface area contributed by atoms with Crippen molar-refractivity contribution < 1.29 is 8.42 Å². The molecule has 0 aromatic heterocycles. The van der Waals surface area contributed by atoms with Crippen molar-refractivity contribution in [3.05, 3.63) is 0 Å². The van der Waals surface area contributed by atoms with Gasteiger partial charge in [-0.25, -0.2) is 4.72 Å². The lowest BCUT2D eigenvalue weighted by molar-refractivity contribution is 0.402. The topological polar surface area (TPSA) is 64.7 Å². The maximum absolute atomic E-state index is 11.8. The fourth-order valence-electron chi connectivity index (χ4n) is 1.36. The Balaban J connectivity index is 3.81. The van der Waals surface area contributed by atoms with Gasteiger partial charge in [0.1, 0.15) is 0 Å². The van der Waals surface area contributed by atoms with Gasteiger partial charge in [0.2, 0.25) is 0 Å². The van der Waals surface area contributed by atoms with Crippen molar-refractivity contribution in [2.24, 2.45) is 0 Å². The Hall–Kier alpha value is -0.210. The van der Waals surface area contributed by atoms with Crippen molar-refractivity contribution in [3.8, 4) is 0 Å². The van der Waals surface area contributed by atoms with Crippen molar-refractivity contribution in [2.45, 2.75) is 19.8 Å². The normalized spacial score (nSPS) is 12.6. The van der Waals surface area contributed by atoms with Gasteiger partial charge in [0, 0.05) is 26.7 Å². The van der Waals surface area contributed by atoms with Crippen LogP contribution in [0, 0.1) is 0 Å². The molecule has 0 fully saturated rings. The van der Waals surface area contributed by atoms with Gasteiger partial charge < -0.3 is 10.2 Å². The lowest BCUT2D eigenvalue weighted by Gasteiger charge is -2.18. The van der Waals surface area contributed by atoms with Gasteiger partial charge in [0.05, 0.1) is 0 Å². The Morgan fingerprint density at radius 1 is 1.00 bits per heavy atom. The molecule has 6 nitrogen and oxygen atoms in total. The van der Waals surface area contributed by atoms with E-state index in [9.17, 15) is 8.42 Å². The molecule has 0 aromatic rings. The van der Waals surface area contributed by atoms with Crippen LogP contribution in [0.1, 0.15) is 19.8 Å². The third-order valence-corrected chi connectivity index (χ3v) is 4.08. The van der Waals surface area contributed by atoms with Crippen LogP contribution in [0.3, 0.4) is 0 Å². The summed E-state index contributed by atoms with van der Waals surface area (Å²) < 4.78 is 27.6. The van der Waals surface area contributed by atoms with Crippen LogP contribution in [0.15, 0.2) is 0 Å². The Bertz CT molecular complexity index is 293. The van der Waals surface area contributed by atoms with Gasteiger partial charge in [-0.1, -0.05) is 6.92 Å². The van der Waals surface area contributed by atoms with E-state index in [2.05, 4.69) is 17.0 Å². The number of hydrogen-bond acceptors (Lipinski definition) is 4.